The van der Waals surface area contributed by atoms with Gasteiger partial charge in [-0.3, -0.25) is 43.2 Å². The van der Waals surface area contributed by atoms with Gasteiger partial charge in [-0.15, -0.1) is 40.5 Å². The van der Waals surface area contributed by atoms with Crippen LogP contribution in [-0.2, 0) is 43.3 Å². The van der Waals surface area contributed by atoms with Crippen LogP contribution in [0.2, 0.25) is 0 Å². The summed E-state index contributed by atoms with van der Waals surface area (Å²) in [4.78, 5) is 195. The molecule has 0 atom stereocenters. The van der Waals surface area contributed by atoms with Gasteiger partial charge in [-0.1, -0.05) is 134 Å². The zero-order valence-electron chi connectivity index (χ0n) is 73.8. The number of aromatic carboxylic acids is 1. The normalized spacial score (nSPS) is 10.0. The number of carbonyl (C=O) groups excluding carboxylic acids is 11. The van der Waals surface area contributed by atoms with Crippen LogP contribution in [0, 0.1) is 82.7 Å². The summed E-state index contributed by atoms with van der Waals surface area (Å²) in [6, 6.07) is 49.1. The van der Waals surface area contributed by atoms with Crippen molar-refractivity contribution >= 4 is 155 Å². The Balaban J connectivity index is 0.000000297. The van der Waals surface area contributed by atoms with Crippen LogP contribution in [0.3, 0.4) is 0 Å². The molecule has 0 aliphatic rings. The summed E-state index contributed by atoms with van der Waals surface area (Å²) in [5.41, 5.74) is 7.18. The molecular formula is C92H85BrN4O36S6. The monoisotopic (exact) mass is 2090 g/mol. The number of hydrogen-bond donors (Lipinski definition) is 5. The van der Waals surface area contributed by atoms with Gasteiger partial charge in [0.1, 0.15) is 87.6 Å². The van der Waals surface area contributed by atoms with Crippen molar-refractivity contribution in [3.05, 3.63) is 303 Å². The van der Waals surface area contributed by atoms with Gasteiger partial charge in [0.05, 0.1) is 48.7 Å². The number of nitrogens with zero attached hydrogens (tertiary/aromatic N) is 4. The minimum absolute atomic E-state index is 0.0278. The summed E-state index contributed by atoms with van der Waals surface area (Å²) in [7, 11) is 6.14. The Morgan fingerprint density at radius 3 is 0.942 bits per heavy atom. The molecule has 0 fully saturated rings. The molecule has 47 heteroatoms. The van der Waals surface area contributed by atoms with E-state index >= 15 is 0 Å². The predicted molar refractivity (Wildman–Crippen MR) is 511 cm³/mol. The van der Waals surface area contributed by atoms with E-state index in [0.29, 0.717) is 54.2 Å². The quantitative estimate of drug-likeness (QED) is 0.00228. The highest BCUT2D eigenvalue weighted by atomic mass is 79.9. The van der Waals surface area contributed by atoms with Gasteiger partial charge in [0.25, 0.3) is 20.3 Å². The highest BCUT2D eigenvalue weighted by Gasteiger charge is 2.23. The molecule has 139 heavy (non-hydrogen) atoms. The molecule has 0 bridgehead atoms. The van der Waals surface area contributed by atoms with Gasteiger partial charge in [0.2, 0.25) is 0 Å². The van der Waals surface area contributed by atoms with Gasteiger partial charge in [-0.2, -0.15) is 0 Å². The molecule has 0 aliphatic carbocycles. The zero-order chi connectivity index (χ0) is 103. The fourth-order valence-corrected chi connectivity index (χ4v) is 15.7. The molecule has 40 nitrogen and oxygen atoms in total. The summed E-state index contributed by atoms with van der Waals surface area (Å²) in [5.74, 6) is -4.95. The number of aromatic hydroxyl groups is 4. The number of benzene rings is 9. The molecule has 0 spiro atoms. The van der Waals surface area contributed by atoms with E-state index < -0.39 is 62.1 Å². The molecule has 0 amide bonds. The van der Waals surface area contributed by atoms with Crippen LogP contribution in [0.25, 0.3) is 20.9 Å². The molecule has 0 aliphatic heterocycles. The number of phenols is 4. The molecule has 9 aromatic carbocycles. The number of carbonyl (C=O) groups is 12. The minimum atomic E-state index is -1.20. The van der Waals surface area contributed by atoms with E-state index in [4.69, 9.17) is 78.0 Å². The molecule has 0 saturated carbocycles. The summed E-state index contributed by atoms with van der Waals surface area (Å²) >= 11 is 13.5. The Kier molecular flexibility index (Phi) is 49.8. The third kappa shape index (κ3) is 43.8. The van der Waals surface area contributed by atoms with Crippen molar-refractivity contribution in [3.63, 3.8) is 0 Å². The number of alkyl halides is 1. The van der Waals surface area contributed by atoms with E-state index in [0.717, 1.165) is 74.2 Å². The molecule has 2 aromatic heterocycles. The number of aldehydes is 4. The second kappa shape index (κ2) is 60.7. The largest absolute Gasteiger partial charge is 0.508 e. The van der Waals surface area contributed by atoms with Crippen molar-refractivity contribution < 1.29 is 156 Å². The number of rotatable bonds is 39. The van der Waals surface area contributed by atoms with Gasteiger partial charge in [0, 0.05) is 47.2 Å². The van der Waals surface area contributed by atoms with Gasteiger partial charge >= 0.3 is 47.8 Å². The lowest BCUT2D eigenvalue weighted by molar-refractivity contribution is -0.757. The number of carboxylic acid groups (broad SMARTS) is 1. The van der Waals surface area contributed by atoms with Crippen LogP contribution in [0.5, 0.6) is 63.2 Å². The molecule has 11 rings (SSSR count). The summed E-state index contributed by atoms with van der Waals surface area (Å²) in [5, 5.41) is 82.5. The average Bonchev–Trinajstić information content (AvgIpc) is 1.73. The van der Waals surface area contributed by atoms with E-state index in [9.17, 15) is 103 Å². The first kappa shape index (κ1) is 114. The standard InChI is InChI=1S/C21H17NO7S3.C20H15NO8S3.C12H13BrO3.C12H13NO7.C12H13NO6.C8H8O2.C7H6O3/c1-13-4-9-17(29-19(23)3-2-10-27-22(25)26)16(11-13)21(24)28-15-7-5-14(6-8-15)18-12-20(30)32-31-18;22-13-5-8-16(29-18(23)2-1-9-27-21(25)26)15(10-13)20(24)28-14-6-3-12(4-7-14)17-11-19(30)32-31-17;1-9-4-5-11(10(7-9)8-14)16-12(15)3-2-6-13;1-8-4-5-10(9(7-8)12(15)16)20-11(14)3-2-6-19-13(17)18;1-9-4-5-11(10(7-9)8-14)19-12(15)3-2-6-18-13(16)17;1-6-2-3-8(10)7(4-6)5-9;8-4-5-3-6(9)1-2-7(5)10/h4-9,11-12H,2-3,10H2,1H3;3-8,10-11,22H,1-2,9H2;4-5,7-8H,2-3,6H2,1H3;4-5,7H,2-3,6H2,1H3,(H,15,16);4-5,7-8H,2-3,6H2,1H3;2-5,10H,1H3;1-4,9-10H. The fraction of sp³-hybridized carbons (Fsp3) is 0.217. The molecular weight excluding hydrogens is 2010 g/mol. The lowest BCUT2D eigenvalue weighted by Gasteiger charge is -2.11. The highest BCUT2D eigenvalue weighted by molar-refractivity contribution is 9.09. The first-order chi connectivity index (χ1) is 66.2. The molecule has 11 aromatic rings. The average molecular weight is 2090 g/mol. The molecule has 732 valence electrons. The van der Waals surface area contributed by atoms with Gasteiger partial charge in [-0.05, 0) is 241 Å². The second-order valence-electron chi connectivity index (χ2n) is 28.0. The van der Waals surface area contributed by atoms with Crippen LogP contribution in [0.1, 0.15) is 165 Å². The van der Waals surface area contributed by atoms with Gasteiger partial charge in [-0.25, -0.2) is 14.4 Å². The van der Waals surface area contributed by atoms with Crippen molar-refractivity contribution in [2.24, 2.45) is 0 Å². The van der Waals surface area contributed by atoms with Crippen molar-refractivity contribution in [3.8, 4) is 84.1 Å². The number of halogens is 1. The third-order valence-corrected chi connectivity index (χ3v) is 23.5. The molecule has 0 saturated heterocycles. The van der Waals surface area contributed by atoms with E-state index in [1.54, 1.807) is 132 Å². The smallest absolute Gasteiger partial charge is 0.347 e. The first-order valence-electron chi connectivity index (χ1n) is 40.4. The van der Waals surface area contributed by atoms with Crippen LogP contribution in [0.15, 0.2) is 188 Å². The SMILES string of the molecule is Cc1ccc(O)c(C=O)c1.Cc1ccc(OC(=O)CCCBr)c(C=O)c1.Cc1ccc(OC(=O)CCCO[N+](=O)[O-])c(C(=O)O)c1.Cc1ccc(OC(=O)CCCO[N+](=O)[O-])c(C(=O)Oc2ccc(-c3cc(=S)ss3)cc2)c1.Cc1ccc(OC(=O)CCCO[N+](=O)[O-])c(C=O)c1.O=C(CCCO[N+](=O)[O-])Oc1ccc(O)cc1C(=O)Oc1ccc(-c2cc(=S)ss2)cc1.O=Cc1cc(O)ccc1O. The van der Waals surface area contributed by atoms with Crippen molar-refractivity contribution in [2.75, 3.05) is 31.8 Å². The Morgan fingerprint density at radius 2 is 0.619 bits per heavy atom. The maximum Gasteiger partial charge on any atom is 0.347 e. The van der Waals surface area contributed by atoms with Crippen molar-refractivity contribution in [1.82, 2.24) is 0 Å². The van der Waals surface area contributed by atoms with Crippen LogP contribution >= 0.6 is 81.7 Å². The lowest BCUT2D eigenvalue weighted by Crippen LogP contribution is -2.15. The molecule has 0 unspecified atom stereocenters. The summed E-state index contributed by atoms with van der Waals surface area (Å²) in [6.45, 7) is 8.19. The third-order valence-electron chi connectivity index (χ3n) is 17.1. The van der Waals surface area contributed by atoms with E-state index in [2.05, 4.69) is 35.3 Å². The van der Waals surface area contributed by atoms with Crippen molar-refractivity contribution in [2.45, 2.75) is 98.8 Å². The maximum absolute atomic E-state index is 12.7. The van der Waals surface area contributed by atoms with E-state index in [-0.39, 0.29) is 163 Å². The Morgan fingerprint density at radius 1 is 0.338 bits per heavy atom. The van der Waals surface area contributed by atoms with E-state index in [1.165, 1.54) is 81.3 Å². The first-order valence-corrected chi connectivity index (χ1v) is 46.6. The van der Waals surface area contributed by atoms with E-state index in [1.807, 2.05) is 45.0 Å². The molecule has 5 N–H and O–H groups in total. The molecule has 0 radical (unpaired) electrons. The Labute approximate surface area is 822 Å². The Bertz CT molecular complexity index is 6020. The van der Waals surface area contributed by atoms with Gasteiger partial charge < -0.3 is 78.0 Å². The van der Waals surface area contributed by atoms with Gasteiger partial charge in [0.15, 0.2) is 25.1 Å². The number of ether oxygens (including phenoxy) is 7. The number of phenolic OH excluding ortho intramolecular Hbond substituents is 4. The zero-order valence-corrected chi connectivity index (χ0v) is 80.3. The predicted octanol–water partition coefficient (Wildman–Crippen LogP) is 19.3. The summed E-state index contributed by atoms with van der Waals surface area (Å²) in [6.07, 6.45) is 3.52. The second-order valence-corrected chi connectivity index (χ2v) is 34.6. The number of carboxylic acids is 1. The fourth-order valence-electron chi connectivity index (χ4n) is 10.6. The van der Waals surface area contributed by atoms with Crippen molar-refractivity contribution in [1.29, 1.82) is 0 Å². The number of aryl methyl sites for hydroxylation is 5. The van der Waals surface area contributed by atoms with Crippen LogP contribution in [0.4, 0.5) is 0 Å². The van der Waals surface area contributed by atoms with Crippen LogP contribution < -0.4 is 33.2 Å². The topological polar surface area (TPSA) is 580 Å². The lowest BCUT2D eigenvalue weighted by atomic mass is 10.1. The summed E-state index contributed by atoms with van der Waals surface area (Å²) < 4.78 is 37.9. The number of hydrogen-bond acceptors (Lipinski definition) is 41. The number of esters is 7. The minimum Gasteiger partial charge on any atom is -0.508 e. The molecule has 2 heterocycles. The highest BCUT2D eigenvalue weighted by Crippen LogP contribution is 2.35. The van der Waals surface area contributed by atoms with Crippen LogP contribution in [-0.4, -0.2) is 151 Å². The Hall–Kier alpha value is -15.6. The maximum atomic E-state index is 12.7.